The van der Waals surface area contributed by atoms with Gasteiger partial charge in [-0.1, -0.05) is 0 Å². The molecule has 0 saturated carbocycles. The van der Waals surface area contributed by atoms with Gasteiger partial charge in [0.2, 0.25) is 0 Å². The first-order valence-electron chi connectivity index (χ1n) is 6.01. The Morgan fingerprint density at radius 1 is 1.37 bits per heavy atom. The molecular weight excluding hydrogens is 246 g/mol. The smallest absolute Gasteiger partial charge is 0.158 e. The summed E-state index contributed by atoms with van der Waals surface area (Å²) < 4.78 is 10.3. The van der Waals surface area contributed by atoms with Crippen LogP contribution in [0.5, 0.6) is 0 Å². The molecule has 3 N–H and O–H groups in total. The number of nitrogens with two attached hydrogens (primary N) is 1. The van der Waals surface area contributed by atoms with Gasteiger partial charge in [-0.15, -0.1) is 0 Å². The van der Waals surface area contributed by atoms with Crippen molar-refractivity contribution in [3.05, 3.63) is 18.1 Å². The topological polar surface area (TPSA) is 97.4 Å². The van der Waals surface area contributed by atoms with Crippen LogP contribution in [-0.2, 0) is 9.47 Å². The van der Waals surface area contributed by atoms with E-state index in [0.29, 0.717) is 31.3 Å². The molecular formula is C12H21N5O2. The number of amidine groups is 1. The molecule has 7 nitrogen and oxygen atoms in total. The number of anilines is 1. The molecule has 0 aliphatic carbocycles. The van der Waals surface area contributed by atoms with E-state index in [9.17, 15) is 0 Å². The average Bonchev–Trinajstić information content (AvgIpc) is 2.40. The van der Waals surface area contributed by atoms with Crippen molar-refractivity contribution in [2.75, 3.05) is 38.9 Å². The van der Waals surface area contributed by atoms with Gasteiger partial charge in [0.05, 0.1) is 19.3 Å². The van der Waals surface area contributed by atoms with Crippen molar-refractivity contribution >= 4 is 11.7 Å². The summed E-state index contributed by atoms with van der Waals surface area (Å²) in [5, 5.41) is 7.58. The molecule has 7 heteroatoms. The second-order valence-electron chi connectivity index (χ2n) is 4.13. The minimum Gasteiger partial charge on any atom is -0.383 e. The third-order valence-electron chi connectivity index (χ3n) is 2.68. The molecule has 1 heterocycles. The van der Waals surface area contributed by atoms with E-state index < -0.39 is 0 Å². The highest BCUT2D eigenvalue weighted by Crippen LogP contribution is 2.17. The summed E-state index contributed by atoms with van der Waals surface area (Å²) in [6.45, 7) is 3.72. The number of nitrogens with one attached hydrogen (secondary N) is 1. The van der Waals surface area contributed by atoms with Crippen LogP contribution in [0.25, 0.3) is 0 Å². The Balaban J connectivity index is 3.05. The lowest BCUT2D eigenvalue weighted by atomic mass is 10.2. The van der Waals surface area contributed by atoms with Gasteiger partial charge in [-0.3, -0.25) is 5.41 Å². The van der Waals surface area contributed by atoms with Crippen LogP contribution in [0, 0.1) is 5.41 Å². The van der Waals surface area contributed by atoms with Gasteiger partial charge in [0.1, 0.15) is 11.5 Å². The van der Waals surface area contributed by atoms with Crippen molar-refractivity contribution in [3.8, 4) is 0 Å². The van der Waals surface area contributed by atoms with E-state index >= 15 is 0 Å². The van der Waals surface area contributed by atoms with Crippen LogP contribution in [0.2, 0.25) is 0 Å². The van der Waals surface area contributed by atoms with E-state index in [1.54, 1.807) is 20.4 Å². The highest BCUT2D eigenvalue weighted by Gasteiger charge is 2.20. The van der Waals surface area contributed by atoms with Crippen LogP contribution in [0.4, 0.5) is 5.82 Å². The summed E-state index contributed by atoms with van der Waals surface area (Å²) in [6.07, 6.45) is 3.11. The highest BCUT2D eigenvalue weighted by atomic mass is 16.5. The zero-order chi connectivity index (χ0) is 14.3. The van der Waals surface area contributed by atoms with Gasteiger partial charge in [-0.05, 0) is 6.92 Å². The first-order chi connectivity index (χ1) is 9.11. The molecule has 0 fully saturated rings. The third kappa shape index (κ3) is 4.15. The van der Waals surface area contributed by atoms with E-state index in [4.69, 9.17) is 20.6 Å². The fraction of sp³-hybridized carbons (Fsp3) is 0.583. The van der Waals surface area contributed by atoms with E-state index in [-0.39, 0.29) is 11.9 Å². The number of methoxy groups -OCH3 is 2. The van der Waals surface area contributed by atoms with Crippen LogP contribution in [-0.4, -0.2) is 55.8 Å². The largest absolute Gasteiger partial charge is 0.383 e. The Morgan fingerprint density at radius 3 is 2.63 bits per heavy atom. The summed E-state index contributed by atoms with van der Waals surface area (Å²) in [7, 11) is 3.29. The number of nitrogens with zero attached hydrogens (tertiary/aromatic N) is 3. The standard InChI is InChI=1S/C12H21N5O2/c1-9(8-19-3)17(6-7-18-2)12-10(11(13)14)15-4-5-16-12/h4-5,9H,6-8H2,1-3H3,(H3,13,14). The van der Waals surface area contributed by atoms with E-state index in [2.05, 4.69) is 9.97 Å². The Bertz CT molecular complexity index is 413. The lowest BCUT2D eigenvalue weighted by molar-refractivity contribution is 0.170. The molecule has 19 heavy (non-hydrogen) atoms. The molecule has 1 aromatic heterocycles. The van der Waals surface area contributed by atoms with Gasteiger partial charge in [0.25, 0.3) is 0 Å². The van der Waals surface area contributed by atoms with Gasteiger partial charge >= 0.3 is 0 Å². The maximum Gasteiger partial charge on any atom is 0.158 e. The maximum atomic E-state index is 7.58. The SMILES string of the molecule is COCCN(c1nccnc1C(=N)N)C(C)COC. The maximum absolute atomic E-state index is 7.58. The van der Waals surface area contributed by atoms with Gasteiger partial charge in [-0.2, -0.15) is 0 Å². The van der Waals surface area contributed by atoms with Crippen LogP contribution >= 0.6 is 0 Å². The molecule has 1 rings (SSSR count). The first kappa shape index (κ1) is 15.3. The number of aromatic nitrogens is 2. The molecule has 0 aliphatic rings. The Morgan fingerprint density at radius 2 is 2.05 bits per heavy atom. The van der Waals surface area contributed by atoms with Crippen LogP contribution in [0.1, 0.15) is 12.6 Å². The number of hydrogen-bond acceptors (Lipinski definition) is 6. The summed E-state index contributed by atoms with van der Waals surface area (Å²) in [6, 6.07) is 0.0787. The molecule has 1 aromatic rings. The van der Waals surface area contributed by atoms with Crippen molar-refractivity contribution < 1.29 is 9.47 Å². The van der Waals surface area contributed by atoms with Gasteiger partial charge in [-0.25, -0.2) is 9.97 Å². The molecule has 0 amide bonds. The number of nitrogen functional groups attached to an aromatic ring is 1. The summed E-state index contributed by atoms with van der Waals surface area (Å²) >= 11 is 0. The van der Waals surface area contributed by atoms with E-state index in [0.717, 1.165) is 0 Å². The fourth-order valence-electron chi connectivity index (χ4n) is 1.79. The molecule has 0 spiro atoms. The van der Waals surface area contributed by atoms with Gasteiger partial charge < -0.3 is 20.1 Å². The lowest BCUT2D eigenvalue weighted by Crippen LogP contribution is -2.40. The van der Waals surface area contributed by atoms with Crippen LogP contribution in [0.3, 0.4) is 0 Å². The second kappa shape index (κ2) is 7.65. The number of ether oxygens (including phenoxy) is 2. The Labute approximate surface area is 113 Å². The molecule has 1 unspecified atom stereocenters. The molecule has 0 aliphatic heterocycles. The molecule has 0 radical (unpaired) electrons. The van der Waals surface area contributed by atoms with Crippen LogP contribution in [0.15, 0.2) is 12.4 Å². The van der Waals surface area contributed by atoms with Crippen molar-refractivity contribution in [1.29, 1.82) is 5.41 Å². The lowest BCUT2D eigenvalue weighted by Gasteiger charge is -2.30. The minimum absolute atomic E-state index is 0.0787. The van der Waals surface area contributed by atoms with Gasteiger partial charge in [0, 0.05) is 33.2 Å². The Kier molecular flexibility index (Phi) is 6.17. The van der Waals surface area contributed by atoms with Crippen molar-refractivity contribution in [1.82, 2.24) is 9.97 Å². The number of rotatable bonds is 8. The molecule has 0 bridgehead atoms. The molecule has 106 valence electrons. The van der Waals surface area contributed by atoms with Gasteiger partial charge in [0.15, 0.2) is 5.82 Å². The normalized spacial score (nSPS) is 12.2. The molecule has 0 saturated heterocycles. The summed E-state index contributed by atoms with van der Waals surface area (Å²) in [4.78, 5) is 10.4. The fourth-order valence-corrected chi connectivity index (χ4v) is 1.79. The van der Waals surface area contributed by atoms with Crippen molar-refractivity contribution in [2.45, 2.75) is 13.0 Å². The van der Waals surface area contributed by atoms with Crippen molar-refractivity contribution in [2.24, 2.45) is 5.73 Å². The molecule has 0 aromatic carbocycles. The number of hydrogen-bond donors (Lipinski definition) is 2. The zero-order valence-corrected chi connectivity index (χ0v) is 11.6. The predicted octanol–water partition coefficient (Wildman–Crippen LogP) is 0.248. The summed E-state index contributed by atoms with van der Waals surface area (Å²) in [5.74, 6) is 0.478. The first-order valence-corrected chi connectivity index (χ1v) is 6.01. The van der Waals surface area contributed by atoms with Crippen molar-refractivity contribution in [3.63, 3.8) is 0 Å². The highest BCUT2D eigenvalue weighted by molar-refractivity contribution is 5.97. The second-order valence-corrected chi connectivity index (χ2v) is 4.13. The Hall–Kier alpha value is -1.73. The summed E-state index contributed by atoms with van der Waals surface area (Å²) in [5.41, 5.74) is 5.92. The monoisotopic (exact) mass is 267 g/mol. The van der Waals surface area contributed by atoms with E-state index in [1.807, 2.05) is 11.8 Å². The minimum atomic E-state index is -0.102. The predicted molar refractivity (Wildman–Crippen MR) is 73.6 cm³/mol. The van der Waals surface area contributed by atoms with E-state index in [1.165, 1.54) is 6.20 Å². The zero-order valence-electron chi connectivity index (χ0n) is 11.6. The third-order valence-corrected chi connectivity index (χ3v) is 2.68. The quantitative estimate of drug-likeness (QED) is 0.517. The van der Waals surface area contributed by atoms with Crippen LogP contribution < -0.4 is 10.6 Å². The molecule has 1 atom stereocenters. The average molecular weight is 267 g/mol.